The maximum Gasteiger partial charge on any atom is 0.310 e. The molecule has 0 aromatic heterocycles. The zero-order valence-corrected chi connectivity index (χ0v) is 11.3. The monoisotopic (exact) mass is 275 g/mol. The summed E-state index contributed by atoms with van der Waals surface area (Å²) in [5.74, 6) is -0.879. The van der Waals surface area contributed by atoms with E-state index in [4.69, 9.17) is 4.74 Å². The molecule has 1 aliphatic heterocycles. The molecule has 1 saturated heterocycles. The minimum atomic E-state index is -0.604. The normalized spacial score (nSPS) is 28.6. The van der Waals surface area contributed by atoms with Gasteiger partial charge >= 0.3 is 5.97 Å². The first-order valence-corrected chi connectivity index (χ1v) is 6.75. The van der Waals surface area contributed by atoms with Crippen LogP contribution in [0.3, 0.4) is 0 Å². The lowest BCUT2D eigenvalue weighted by Crippen LogP contribution is -2.36. The van der Waals surface area contributed by atoms with Gasteiger partial charge in [0.2, 0.25) is 5.91 Å². The van der Waals surface area contributed by atoms with E-state index in [0.717, 1.165) is 11.1 Å². The third-order valence-electron chi connectivity index (χ3n) is 4.20. The molecule has 0 saturated carbocycles. The highest BCUT2D eigenvalue weighted by molar-refractivity contribution is 5.87. The van der Waals surface area contributed by atoms with Crippen LogP contribution in [0.15, 0.2) is 24.3 Å². The SMILES string of the molecule is COC(=O)C1CC(=O)N(C2c3ccccc3CC2O)C1. The number of hydrogen-bond acceptors (Lipinski definition) is 4. The van der Waals surface area contributed by atoms with Gasteiger partial charge in [0.1, 0.15) is 0 Å². The molecule has 3 atom stereocenters. The lowest BCUT2D eigenvalue weighted by molar-refractivity contribution is -0.145. The first-order valence-electron chi connectivity index (χ1n) is 6.75. The number of carbonyl (C=O) groups is 2. The molecular formula is C15H17NO4. The highest BCUT2D eigenvalue weighted by Crippen LogP contribution is 2.39. The van der Waals surface area contributed by atoms with E-state index in [0.29, 0.717) is 13.0 Å². The van der Waals surface area contributed by atoms with Crippen LogP contribution in [0.1, 0.15) is 23.6 Å². The first-order chi connectivity index (χ1) is 9.61. The van der Waals surface area contributed by atoms with E-state index in [1.54, 1.807) is 4.90 Å². The van der Waals surface area contributed by atoms with Crippen LogP contribution in [0.4, 0.5) is 0 Å². The minimum absolute atomic E-state index is 0.0962. The van der Waals surface area contributed by atoms with Gasteiger partial charge in [-0.05, 0) is 11.1 Å². The Morgan fingerprint density at radius 3 is 2.85 bits per heavy atom. The Kier molecular flexibility index (Phi) is 3.22. The third kappa shape index (κ3) is 1.98. The highest BCUT2D eigenvalue weighted by Gasteiger charge is 2.44. The summed E-state index contributed by atoms with van der Waals surface area (Å²) in [5, 5.41) is 10.3. The number of esters is 1. The van der Waals surface area contributed by atoms with Crippen molar-refractivity contribution in [2.75, 3.05) is 13.7 Å². The molecule has 0 bridgehead atoms. The smallest absolute Gasteiger partial charge is 0.310 e. The number of rotatable bonds is 2. The summed E-state index contributed by atoms with van der Waals surface area (Å²) >= 11 is 0. The fraction of sp³-hybridized carbons (Fsp3) is 0.467. The van der Waals surface area contributed by atoms with Crippen LogP contribution in [-0.2, 0) is 20.7 Å². The molecule has 5 heteroatoms. The van der Waals surface area contributed by atoms with Gasteiger partial charge in [0.15, 0.2) is 0 Å². The Bertz CT molecular complexity index is 557. The van der Waals surface area contributed by atoms with Crippen molar-refractivity contribution in [2.45, 2.75) is 25.0 Å². The van der Waals surface area contributed by atoms with Crippen LogP contribution in [-0.4, -0.2) is 41.6 Å². The lowest BCUT2D eigenvalue weighted by atomic mass is 10.1. The number of carbonyl (C=O) groups excluding carboxylic acids is 2. The van der Waals surface area contributed by atoms with Gasteiger partial charge in [0, 0.05) is 19.4 Å². The van der Waals surface area contributed by atoms with Crippen molar-refractivity contribution in [3.8, 4) is 0 Å². The van der Waals surface area contributed by atoms with Crippen molar-refractivity contribution in [1.29, 1.82) is 0 Å². The quantitative estimate of drug-likeness (QED) is 0.805. The summed E-state index contributed by atoms with van der Waals surface area (Å²) in [7, 11) is 1.33. The zero-order valence-electron chi connectivity index (χ0n) is 11.3. The molecule has 0 radical (unpaired) electrons. The predicted octanol–water partition coefficient (Wildman–Crippen LogP) is 0.666. The Hall–Kier alpha value is -1.88. The van der Waals surface area contributed by atoms with E-state index in [1.165, 1.54) is 7.11 Å². The molecule has 0 spiro atoms. The van der Waals surface area contributed by atoms with Gasteiger partial charge in [-0.15, -0.1) is 0 Å². The first kappa shape index (κ1) is 13.1. The molecule has 1 aliphatic carbocycles. The molecule has 3 rings (SSSR count). The fourth-order valence-electron chi connectivity index (χ4n) is 3.25. The number of hydrogen-bond donors (Lipinski definition) is 1. The molecule has 1 N–H and O–H groups in total. The largest absolute Gasteiger partial charge is 0.469 e. The second kappa shape index (κ2) is 4.90. The van der Waals surface area contributed by atoms with E-state index in [1.807, 2.05) is 24.3 Å². The van der Waals surface area contributed by atoms with E-state index < -0.39 is 12.0 Å². The Labute approximate surface area is 117 Å². The van der Waals surface area contributed by atoms with Gasteiger partial charge in [0.05, 0.1) is 25.2 Å². The second-order valence-electron chi connectivity index (χ2n) is 5.39. The molecule has 1 heterocycles. The van der Waals surface area contributed by atoms with Crippen LogP contribution < -0.4 is 0 Å². The minimum Gasteiger partial charge on any atom is -0.469 e. The number of likely N-dealkylation sites (tertiary alicyclic amines) is 1. The molecule has 3 unspecified atom stereocenters. The predicted molar refractivity (Wildman–Crippen MR) is 70.7 cm³/mol. The van der Waals surface area contributed by atoms with Crippen LogP contribution in [0.2, 0.25) is 0 Å². The van der Waals surface area contributed by atoms with Gasteiger partial charge in [0.25, 0.3) is 0 Å². The molecule has 1 aromatic rings. The number of aliphatic hydroxyl groups excluding tert-OH is 1. The number of ether oxygens (including phenoxy) is 1. The van der Waals surface area contributed by atoms with Crippen molar-refractivity contribution in [1.82, 2.24) is 4.90 Å². The molecule has 1 amide bonds. The van der Waals surface area contributed by atoms with Gasteiger partial charge in [-0.1, -0.05) is 24.3 Å². The maximum atomic E-state index is 12.2. The fourth-order valence-corrected chi connectivity index (χ4v) is 3.25. The standard InChI is InChI=1S/C15H17NO4/c1-20-15(19)10-7-13(18)16(8-10)14-11-5-3-2-4-9(11)6-12(14)17/h2-5,10,12,14,17H,6-8H2,1H3. The molecule has 106 valence electrons. The van der Waals surface area contributed by atoms with Crippen LogP contribution in [0.25, 0.3) is 0 Å². The number of methoxy groups -OCH3 is 1. The Morgan fingerprint density at radius 1 is 1.35 bits per heavy atom. The summed E-state index contributed by atoms with van der Waals surface area (Å²) in [6.07, 6.45) is 0.110. The van der Waals surface area contributed by atoms with Gasteiger partial charge in [-0.25, -0.2) is 0 Å². The molecule has 1 fully saturated rings. The van der Waals surface area contributed by atoms with Gasteiger partial charge in [-0.3, -0.25) is 9.59 Å². The summed E-state index contributed by atoms with van der Waals surface area (Å²) in [5.41, 5.74) is 2.05. The van der Waals surface area contributed by atoms with E-state index in [9.17, 15) is 14.7 Å². The zero-order chi connectivity index (χ0) is 14.3. The molecule has 5 nitrogen and oxygen atoms in total. The second-order valence-corrected chi connectivity index (χ2v) is 5.39. The Morgan fingerprint density at radius 2 is 2.10 bits per heavy atom. The molecular weight excluding hydrogens is 258 g/mol. The average Bonchev–Trinajstić information content (AvgIpc) is 2.97. The van der Waals surface area contributed by atoms with Crippen molar-refractivity contribution in [2.24, 2.45) is 5.92 Å². The van der Waals surface area contributed by atoms with Crippen LogP contribution in [0.5, 0.6) is 0 Å². The van der Waals surface area contributed by atoms with Gasteiger partial charge < -0.3 is 14.7 Å². The lowest BCUT2D eigenvalue weighted by Gasteiger charge is -2.28. The van der Waals surface area contributed by atoms with E-state index in [-0.39, 0.29) is 24.3 Å². The Balaban J connectivity index is 1.87. The molecule has 20 heavy (non-hydrogen) atoms. The maximum absolute atomic E-state index is 12.2. The third-order valence-corrected chi connectivity index (χ3v) is 4.20. The topological polar surface area (TPSA) is 66.8 Å². The van der Waals surface area contributed by atoms with Gasteiger partial charge in [-0.2, -0.15) is 0 Å². The summed E-state index contributed by atoms with van der Waals surface area (Å²) in [6, 6.07) is 7.40. The van der Waals surface area contributed by atoms with Crippen molar-refractivity contribution in [3.05, 3.63) is 35.4 Å². The van der Waals surface area contributed by atoms with E-state index in [2.05, 4.69) is 0 Å². The number of benzene rings is 1. The summed E-state index contributed by atoms with van der Waals surface area (Å²) < 4.78 is 4.71. The number of fused-ring (bicyclic) bond motifs is 1. The highest BCUT2D eigenvalue weighted by atomic mass is 16.5. The van der Waals surface area contributed by atoms with Crippen molar-refractivity contribution in [3.63, 3.8) is 0 Å². The van der Waals surface area contributed by atoms with Crippen LogP contribution in [0, 0.1) is 5.92 Å². The molecule has 2 aliphatic rings. The van der Waals surface area contributed by atoms with Crippen molar-refractivity contribution < 1.29 is 19.4 Å². The number of nitrogens with zero attached hydrogens (tertiary/aromatic N) is 1. The summed E-state index contributed by atoms with van der Waals surface area (Å²) in [4.78, 5) is 25.4. The number of amides is 1. The van der Waals surface area contributed by atoms with Crippen molar-refractivity contribution >= 4 is 11.9 Å². The van der Waals surface area contributed by atoms with E-state index >= 15 is 0 Å². The summed E-state index contributed by atoms with van der Waals surface area (Å²) in [6.45, 7) is 0.321. The average molecular weight is 275 g/mol. The van der Waals surface area contributed by atoms with Crippen LogP contribution >= 0.6 is 0 Å². The number of aliphatic hydroxyl groups is 1. The molecule has 1 aromatic carbocycles.